The first kappa shape index (κ1) is 28.7. The number of rotatable bonds is 12. The molecule has 7 nitrogen and oxygen atoms in total. The van der Waals surface area contributed by atoms with Gasteiger partial charge in [-0.15, -0.1) is 0 Å². The highest BCUT2D eigenvalue weighted by atomic mass is 19.1. The Kier molecular flexibility index (Phi) is 10.2. The largest absolute Gasteiger partial charge is 0.496 e. The first-order valence-electron chi connectivity index (χ1n) is 12.5. The molecule has 0 radical (unpaired) electrons. The Bertz CT molecular complexity index is 1210. The zero-order valence-electron chi connectivity index (χ0n) is 22.4. The van der Waals surface area contributed by atoms with Gasteiger partial charge >= 0.3 is 5.97 Å². The van der Waals surface area contributed by atoms with Crippen LogP contribution in [0.15, 0.2) is 54.6 Å². The van der Waals surface area contributed by atoms with Crippen LogP contribution in [-0.4, -0.2) is 45.4 Å². The Labute approximate surface area is 222 Å². The van der Waals surface area contributed by atoms with Crippen molar-refractivity contribution in [1.82, 2.24) is 5.32 Å². The van der Waals surface area contributed by atoms with Crippen LogP contribution in [0.1, 0.15) is 40.9 Å². The van der Waals surface area contributed by atoms with E-state index in [9.17, 15) is 14.0 Å². The molecule has 38 heavy (non-hydrogen) atoms. The van der Waals surface area contributed by atoms with Gasteiger partial charge in [0.1, 0.15) is 23.4 Å². The molecule has 0 bridgehead atoms. The molecule has 202 valence electrons. The van der Waals surface area contributed by atoms with Crippen LogP contribution in [0.5, 0.6) is 11.5 Å². The zero-order chi connectivity index (χ0) is 27.7. The number of benzene rings is 3. The Morgan fingerprint density at radius 3 is 2.13 bits per heavy atom. The molecule has 8 heteroatoms. The summed E-state index contributed by atoms with van der Waals surface area (Å²) in [6.07, 6.45) is 0.167. The number of carbonyl (C=O) groups excluding carboxylic acids is 2. The van der Waals surface area contributed by atoms with Crippen molar-refractivity contribution in [3.8, 4) is 22.6 Å². The van der Waals surface area contributed by atoms with Crippen molar-refractivity contribution < 1.29 is 32.9 Å². The number of esters is 1. The maximum absolute atomic E-state index is 14.3. The SMILES string of the molecule is CCOCc1cc(OC)c(-c2ccc(C[C@H](NC(=O)c3c(C)cccc3F)C(=O)OCC)cc2)c(OC)c1. The minimum absolute atomic E-state index is 0.0934. The molecule has 0 aliphatic carbocycles. The molecule has 0 saturated heterocycles. The molecule has 1 N–H and O–H groups in total. The van der Waals surface area contributed by atoms with Gasteiger partial charge in [0.25, 0.3) is 5.91 Å². The van der Waals surface area contributed by atoms with Gasteiger partial charge in [-0.3, -0.25) is 4.79 Å². The molecule has 3 aromatic rings. The van der Waals surface area contributed by atoms with Crippen LogP contribution in [0.2, 0.25) is 0 Å². The van der Waals surface area contributed by atoms with Crippen molar-refractivity contribution in [2.45, 2.75) is 39.8 Å². The third kappa shape index (κ3) is 6.89. The van der Waals surface area contributed by atoms with Crippen molar-refractivity contribution >= 4 is 11.9 Å². The van der Waals surface area contributed by atoms with Crippen molar-refractivity contribution in [2.24, 2.45) is 0 Å². The third-order valence-corrected chi connectivity index (χ3v) is 6.05. The fourth-order valence-corrected chi connectivity index (χ4v) is 4.18. The van der Waals surface area contributed by atoms with Gasteiger partial charge in [0.05, 0.1) is 38.6 Å². The van der Waals surface area contributed by atoms with E-state index >= 15 is 0 Å². The number of aryl methyl sites for hydroxylation is 1. The smallest absolute Gasteiger partial charge is 0.328 e. The second-order valence-electron chi connectivity index (χ2n) is 8.62. The summed E-state index contributed by atoms with van der Waals surface area (Å²) < 4.78 is 36.3. The monoisotopic (exact) mass is 523 g/mol. The average molecular weight is 524 g/mol. The molecule has 0 aliphatic rings. The van der Waals surface area contributed by atoms with E-state index in [2.05, 4.69) is 5.32 Å². The lowest BCUT2D eigenvalue weighted by atomic mass is 9.97. The van der Waals surface area contributed by atoms with Crippen molar-refractivity contribution in [3.05, 3.63) is 82.7 Å². The van der Waals surface area contributed by atoms with Gasteiger partial charge in [-0.05, 0) is 61.2 Å². The predicted molar refractivity (Wildman–Crippen MR) is 143 cm³/mol. The lowest BCUT2D eigenvalue weighted by Gasteiger charge is -2.19. The highest BCUT2D eigenvalue weighted by Gasteiger charge is 2.25. The summed E-state index contributed by atoms with van der Waals surface area (Å²) in [5, 5.41) is 2.65. The molecule has 3 rings (SSSR count). The van der Waals surface area contributed by atoms with E-state index in [-0.39, 0.29) is 18.6 Å². The van der Waals surface area contributed by atoms with Crippen LogP contribution >= 0.6 is 0 Å². The van der Waals surface area contributed by atoms with Gasteiger partial charge in [-0.2, -0.15) is 0 Å². The second kappa shape index (κ2) is 13.6. The number of halogens is 1. The Morgan fingerprint density at radius 1 is 0.921 bits per heavy atom. The fourth-order valence-electron chi connectivity index (χ4n) is 4.18. The quantitative estimate of drug-likeness (QED) is 0.326. The predicted octanol–water partition coefficient (Wildman–Crippen LogP) is 5.26. The first-order valence-corrected chi connectivity index (χ1v) is 12.5. The molecular weight excluding hydrogens is 489 g/mol. The first-order chi connectivity index (χ1) is 18.3. The number of hydrogen-bond acceptors (Lipinski definition) is 6. The molecule has 1 amide bonds. The number of amides is 1. The molecule has 3 aromatic carbocycles. The van der Waals surface area contributed by atoms with Gasteiger partial charge in [0, 0.05) is 13.0 Å². The van der Waals surface area contributed by atoms with Gasteiger partial charge in [0.2, 0.25) is 0 Å². The topological polar surface area (TPSA) is 83.1 Å². The molecule has 0 aromatic heterocycles. The standard InChI is InChI=1S/C30H34FNO6/c1-6-37-18-21-16-25(35-4)28(26(17-21)36-5)22-13-11-20(12-14-22)15-24(30(34)38-7-2)32-29(33)27-19(3)9-8-10-23(27)31/h8-14,16-17,24H,6-7,15,18H2,1-5H3,(H,32,33)/t24-/m0/s1. The number of methoxy groups -OCH3 is 2. The molecule has 0 saturated carbocycles. The Morgan fingerprint density at radius 2 is 1.58 bits per heavy atom. The fraction of sp³-hybridized carbons (Fsp3) is 0.333. The molecule has 1 atom stereocenters. The van der Waals surface area contributed by atoms with Gasteiger partial charge < -0.3 is 24.3 Å². The van der Waals surface area contributed by atoms with Crippen LogP contribution in [-0.2, 0) is 27.3 Å². The van der Waals surface area contributed by atoms with Crippen molar-refractivity contribution in [3.63, 3.8) is 0 Å². The Balaban J connectivity index is 1.87. The summed E-state index contributed by atoms with van der Waals surface area (Å²) >= 11 is 0. The average Bonchev–Trinajstić information content (AvgIpc) is 2.91. The zero-order valence-corrected chi connectivity index (χ0v) is 22.4. The molecule has 0 fully saturated rings. The van der Waals surface area contributed by atoms with E-state index in [0.717, 1.165) is 22.3 Å². The van der Waals surface area contributed by atoms with E-state index in [1.165, 1.54) is 12.1 Å². The summed E-state index contributed by atoms with van der Waals surface area (Å²) in [7, 11) is 3.20. The molecular formula is C30H34FNO6. The number of ether oxygens (including phenoxy) is 4. The van der Waals surface area contributed by atoms with Crippen LogP contribution in [0.3, 0.4) is 0 Å². The van der Waals surface area contributed by atoms with Crippen LogP contribution < -0.4 is 14.8 Å². The van der Waals surface area contributed by atoms with Crippen LogP contribution in [0.25, 0.3) is 11.1 Å². The van der Waals surface area contributed by atoms with Crippen LogP contribution in [0.4, 0.5) is 4.39 Å². The van der Waals surface area contributed by atoms with Crippen LogP contribution in [0, 0.1) is 12.7 Å². The van der Waals surface area contributed by atoms with E-state index in [1.54, 1.807) is 34.1 Å². The van der Waals surface area contributed by atoms with Crippen molar-refractivity contribution in [1.29, 1.82) is 0 Å². The third-order valence-electron chi connectivity index (χ3n) is 6.05. The summed E-state index contributed by atoms with van der Waals surface area (Å²) in [5.74, 6) is -0.624. The van der Waals surface area contributed by atoms with E-state index < -0.39 is 23.7 Å². The molecule has 0 spiro atoms. The van der Waals surface area contributed by atoms with E-state index in [1.807, 2.05) is 43.3 Å². The Hall–Kier alpha value is -3.91. The normalized spacial score (nSPS) is 11.5. The summed E-state index contributed by atoms with van der Waals surface area (Å²) in [6, 6.07) is 14.7. The minimum Gasteiger partial charge on any atom is -0.496 e. The number of hydrogen-bond donors (Lipinski definition) is 1. The highest BCUT2D eigenvalue weighted by Crippen LogP contribution is 2.40. The summed E-state index contributed by atoms with van der Waals surface area (Å²) in [4.78, 5) is 25.5. The molecule has 0 aliphatic heterocycles. The van der Waals surface area contributed by atoms with E-state index in [4.69, 9.17) is 18.9 Å². The number of carbonyl (C=O) groups is 2. The lowest BCUT2D eigenvalue weighted by Crippen LogP contribution is -2.43. The summed E-state index contributed by atoms with van der Waals surface area (Å²) in [5.41, 5.74) is 3.73. The minimum atomic E-state index is -0.991. The molecule has 0 heterocycles. The lowest BCUT2D eigenvalue weighted by molar-refractivity contribution is -0.145. The second-order valence-corrected chi connectivity index (χ2v) is 8.62. The maximum atomic E-state index is 14.3. The van der Waals surface area contributed by atoms with Gasteiger partial charge in [0.15, 0.2) is 0 Å². The number of nitrogens with one attached hydrogen (secondary N) is 1. The van der Waals surface area contributed by atoms with Gasteiger partial charge in [-0.1, -0.05) is 36.4 Å². The highest BCUT2D eigenvalue weighted by molar-refractivity contribution is 5.98. The summed E-state index contributed by atoms with van der Waals surface area (Å²) in [6.45, 7) is 6.46. The van der Waals surface area contributed by atoms with Crippen molar-refractivity contribution in [2.75, 3.05) is 27.4 Å². The van der Waals surface area contributed by atoms with E-state index in [0.29, 0.717) is 30.3 Å². The maximum Gasteiger partial charge on any atom is 0.328 e. The molecule has 0 unspecified atom stereocenters. The van der Waals surface area contributed by atoms with Gasteiger partial charge in [-0.25, -0.2) is 9.18 Å².